The lowest BCUT2D eigenvalue weighted by Crippen LogP contribution is -2.48. The van der Waals surface area contributed by atoms with E-state index in [1.807, 2.05) is 16.5 Å². The van der Waals surface area contributed by atoms with Crippen molar-refractivity contribution in [3.05, 3.63) is 107 Å². The fraction of sp³-hybridized carbons (Fsp3) is 0.212. The third-order valence-electron chi connectivity index (χ3n) is 7.88. The number of carbonyl (C=O) groups excluding carboxylic acids is 1. The van der Waals surface area contributed by atoms with Gasteiger partial charge in [0.15, 0.2) is 0 Å². The van der Waals surface area contributed by atoms with Crippen LogP contribution in [-0.2, 0) is 27.5 Å². The van der Waals surface area contributed by atoms with Gasteiger partial charge in [0.05, 0.1) is 21.8 Å². The number of sulfonamides is 1. The van der Waals surface area contributed by atoms with Crippen molar-refractivity contribution in [2.45, 2.75) is 24.5 Å². The fourth-order valence-corrected chi connectivity index (χ4v) is 7.08. The second kappa shape index (κ2) is 12.5. The van der Waals surface area contributed by atoms with Crippen LogP contribution in [0.5, 0.6) is 0 Å². The number of piperazine rings is 1. The summed E-state index contributed by atoms with van der Waals surface area (Å²) in [6.07, 6.45) is -2.67. The molecule has 1 N–H and O–H groups in total. The molecule has 8 nitrogen and oxygen atoms in total. The molecule has 1 amide bonds. The van der Waals surface area contributed by atoms with Gasteiger partial charge in [0.1, 0.15) is 5.65 Å². The Bertz CT molecular complexity index is 2010. The number of anilines is 1. The molecule has 6 rings (SSSR count). The molecule has 46 heavy (non-hydrogen) atoms. The number of hydrogen-bond acceptors (Lipinski definition) is 5. The third-order valence-corrected chi connectivity index (χ3v) is 10.0. The minimum atomic E-state index is -4.46. The summed E-state index contributed by atoms with van der Waals surface area (Å²) in [6.45, 7) is 3.22. The number of benzene rings is 3. The quantitative estimate of drug-likeness (QED) is 0.206. The Kier molecular flexibility index (Phi) is 8.64. The number of aromatic nitrogens is 2. The van der Waals surface area contributed by atoms with E-state index in [-0.39, 0.29) is 23.9 Å². The zero-order chi connectivity index (χ0) is 32.6. The number of fused-ring (bicyclic) bond motifs is 1. The summed E-state index contributed by atoms with van der Waals surface area (Å²) in [5.74, 6) is -0.246. The van der Waals surface area contributed by atoms with E-state index in [1.54, 1.807) is 48.7 Å². The first kappa shape index (κ1) is 31.7. The zero-order valence-electron chi connectivity index (χ0n) is 24.6. The van der Waals surface area contributed by atoms with Gasteiger partial charge in [-0.1, -0.05) is 35.9 Å². The highest BCUT2D eigenvalue weighted by Gasteiger charge is 2.31. The molecule has 0 bridgehead atoms. The number of nitrogens with one attached hydrogen (secondary N) is 1. The van der Waals surface area contributed by atoms with Gasteiger partial charge in [-0.15, -0.1) is 0 Å². The van der Waals surface area contributed by atoms with Crippen molar-refractivity contribution in [2.24, 2.45) is 0 Å². The van der Waals surface area contributed by atoms with Crippen molar-refractivity contribution in [2.75, 3.05) is 31.5 Å². The number of imidazole rings is 1. The molecule has 1 aliphatic heterocycles. The Labute approximate surface area is 269 Å². The lowest BCUT2D eigenvalue weighted by atomic mass is 10.0. The Balaban J connectivity index is 1.28. The Morgan fingerprint density at radius 1 is 0.891 bits per heavy atom. The number of carbonyl (C=O) groups is 1. The van der Waals surface area contributed by atoms with E-state index >= 15 is 0 Å². The maximum Gasteiger partial charge on any atom is 0.416 e. The summed E-state index contributed by atoms with van der Waals surface area (Å²) in [5.41, 5.74) is 3.77. The third kappa shape index (κ3) is 6.66. The first-order valence-corrected chi connectivity index (χ1v) is 16.2. The highest BCUT2D eigenvalue weighted by molar-refractivity contribution is 7.89. The van der Waals surface area contributed by atoms with Gasteiger partial charge in [0.25, 0.3) is 0 Å². The van der Waals surface area contributed by atoms with Crippen molar-refractivity contribution >= 4 is 38.9 Å². The average Bonchev–Trinajstić information content (AvgIpc) is 3.38. The number of hydrogen-bond donors (Lipinski definition) is 1. The smallest absolute Gasteiger partial charge is 0.326 e. The van der Waals surface area contributed by atoms with E-state index in [0.29, 0.717) is 52.8 Å². The fourth-order valence-electron chi connectivity index (χ4n) is 5.53. The van der Waals surface area contributed by atoms with E-state index in [9.17, 15) is 26.4 Å². The van der Waals surface area contributed by atoms with Gasteiger partial charge >= 0.3 is 6.18 Å². The number of halogens is 4. The Hall–Kier alpha value is -4.23. The van der Waals surface area contributed by atoms with E-state index in [4.69, 9.17) is 16.6 Å². The largest absolute Gasteiger partial charge is 0.416 e. The first-order chi connectivity index (χ1) is 21.9. The standard InChI is InChI=1S/C33H29ClF3N5O3S/c1-22(43)38-28-10-12-29(13-11-28)46(44,45)41-17-15-40(16-18-41)21-30-32(23-5-8-27(34)9-6-23)39-31-14-7-25(20-42(30)31)24-3-2-4-26(19-24)33(35,36)37/h2-14,19-20H,15-18,21H2,1H3,(H,38,43). The Morgan fingerprint density at radius 2 is 1.57 bits per heavy atom. The molecule has 5 aromatic rings. The molecule has 3 heterocycles. The van der Waals surface area contributed by atoms with E-state index in [2.05, 4.69) is 10.2 Å². The molecule has 2 aromatic heterocycles. The summed E-state index contributed by atoms with van der Waals surface area (Å²) in [4.78, 5) is 18.5. The van der Waals surface area contributed by atoms with Crippen LogP contribution >= 0.6 is 11.6 Å². The summed E-state index contributed by atoms with van der Waals surface area (Å²) >= 11 is 6.14. The summed E-state index contributed by atoms with van der Waals surface area (Å²) in [5, 5.41) is 3.20. The van der Waals surface area contributed by atoms with Crippen LogP contribution in [0.4, 0.5) is 18.9 Å². The van der Waals surface area contributed by atoms with Gasteiger partial charge in [-0.25, -0.2) is 13.4 Å². The highest BCUT2D eigenvalue weighted by atomic mass is 35.5. The summed E-state index contributed by atoms with van der Waals surface area (Å²) < 4.78 is 70.4. The lowest BCUT2D eigenvalue weighted by Gasteiger charge is -2.34. The molecule has 0 radical (unpaired) electrons. The van der Waals surface area contributed by atoms with Gasteiger partial charge < -0.3 is 9.72 Å². The van der Waals surface area contributed by atoms with Crippen LogP contribution < -0.4 is 5.32 Å². The highest BCUT2D eigenvalue weighted by Crippen LogP contribution is 2.34. The molecule has 1 saturated heterocycles. The van der Waals surface area contributed by atoms with E-state index in [1.165, 1.54) is 29.4 Å². The van der Waals surface area contributed by atoms with Crippen LogP contribution in [0.25, 0.3) is 28.0 Å². The number of alkyl halides is 3. The minimum absolute atomic E-state index is 0.143. The average molecular weight is 668 g/mol. The second-order valence-electron chi connectivity index (χ2n) is 11.0. The molecule has 0 aliphatic carbocycles. The molecule has 1 fully saturated rings. The molecule has 0 saturated carbocycles. The molecule has 0 spiro atoms. The zero-order valence-corrected chi connectivity index (χ0v) is 26.2. The van der Waals surface area contributed by atoms with Crippen LogP contribution in [0.3, 0.4) is 0 Å². The molecule has 0 unspecified atom stereocenters. The number of pyridine rings is 1. The normalized spacial score (nSPS) is 14.9. The predicted octanol–water partition coefficient (Wildman–Crippen LogP) is 6.81. The second-order valence-corrected chi connectivity index (χ2v) is 13.4. The van der Waals surface area contributed by atoms with Crippen LogP contribution in [-0.4, -0.2) is 59.1 Å². The summed E-state index contributed by atoms with van der Waals surface area (Å²) in [7, 11) is -3.75. The van der Waals surface area contributed by atoms with Gasteiger partial charge in [0.2, 0.25) is 15.9 Å². The van der Waals surface area contributed by atoms with Crippen molar-refractivity contribution in [1.82, 2.24) is 18.6 Å². The van der Waals surface area contributed by atoms with Crippen LogP contribution in [0.2, 0.25) is 5.02 Å². The molecular weight excluding hydrogens is 639 g/mol. The van der Waals surface area contributed by atoms with Gasteiger partial charge in [-0.3, -0.25) is 9.69 Å². The monoisotopic (exact) mass is 667 g/mol. The molecular formula is C33H29ClF3N5O3S. The first-order valence-electron chi connectivity index (χ1n) is 14.4. The molecule has 238 valence electrons. The van der Waals surface area contributed by atoms with Crippen LogP contribution in [0, 0.1) is 0 Å². The molecule has 13 heteroatoms. The van der Waals surface area contributed by atoms with Crippen molar-refractivity contribution in [3.63, 3.8) is 0 Å². The SMILES string of the molecule is CC(=O)Nc1ccc(S(=O)(=O)N2CCN(Cc3c(-c4ccc(Cl)cc4)nc4ccc(-c5cccc(C(F)(F)F)c5)cn34)CC2)cc1. The minimum Gasteiger partial charge on any atom is -0.326 e. The van der Waals surface area contributed by atoms with Crippen molar-refractivity contribution in [3.8, 4) is 22.4 Å². The topological polar surface area (TPSA) is 87.0 Å². The maximum atomic E-state index is 13.5. The van der Waals surface area contributed by atoms with Gasteiger partial charge in [0, 0.05) is 62.1 Å². The van der Waals surface area contributed by atoms with Gasteiger partial charge in [-0.05, 0) is 71.8 Å². The van der Waals surface area contributed by atoms with Crippen molar-refractivity contribution < 1.29 is 26.4 Å². The van der Waals surface area contributed by atoms with E-state index < -0.39 is 21.8 Å². The van der Waals surface area contributed by atoms with E-state index in [0.717, 1.165) is 23.4 Å². The number of nitrogens with zero attached hydrogens (tertiary/aromatic N) is 4. The molecule has 0 atom stereocenters. The van der Waals surface area contributed by atoms with Crippen LogP contribution in [0.15, 0.2) is 96.0 Å². The number of rotatable bonds is 7. The number of amides is 1. The molecule has 3 aromatic carbocycles. The lowest BCUT2D eigenvalue weighted by molar-refractivity contribution is -0.137. The van der Waals surface area contributed by atoms with Crippen molar-refractivity contribution in [1.29, 1.82) is 0 Å². The Morgan fingerprint density at radius 3 is 2.22 bits per heavy atom. The maximum absolute atomic E-state index is 13.5. The predicted molar refractivity (Wildman–Crippen MR) is 171 cm³/mol. The van der Waals surface area contributed by atoms with Crippen LogP contribution in [0.1, 0.15) is 18.2 Å². The molecule has 1 aliphatic rings. The summed E-state index contributed by atoms with van der Waals surface area (Å²) in [6, 6.07) is 22.1. The van der Waals surface area contributed by atoms with Gasteiger partial charge in [-0.2, -0.15) is 17.5 Å².